The van der Waals surface area contributed by atoms with Crippen molar-refractivity contribution in [2.75, 3.05) is 0 Å². The first-order valence-electron chi connectivity index (χ1n) is 5.36. The molecule has 0 atom stereocenters. The van der Waals surface area contributed by atoms with Gasteiger partial charge >= 0.3 is 0 Å². The molecule has 0 radical (unpaired) electrons. The molecule has 0 unspecified atom stereocenters. The highest BCUT2D eigenvalue weighted by molar-refractivity contribution is 6.17. The van der Waals surface area contributed by atoms with Crippen LogP contribution in [0.5, 0.6) is 5.75 Å². The highest BCUT2D eigenvalue weighted by Crippen LogP contribution is 2.25. The molecule has 0 amide bonds. The van der Waals surface area contributed by atoms with E-state index in [0.29, 0.717) is 11.1 Å². The van der Waals surface area contributed by atoms with Gasteiger partial charge in [0, 0.05) is 17.6 Å². The number of rotatable bonds is 4. The fourth-order valence-corrected chi connectivity index (χ4v) is 1.67. The van der Waals surface area contributed by atoms with Crippen LogP contribution in [0.1, 0.15) is 11.1 Å². The van der Waals surface area contributed by atoms with E-state index in [1.165, 1.54) is 12.3 Å². The number of hydrogen-bond donors (Lipinski definition) is 0. The van der Waals surface area contributed by atoms with E-state index in [2.05, 4.69) is 4.98 Å². The van der Waals surface area contributed by atoms with E-state index in [1.54, 1.807) is 0 Å². The van der Waals surface area contributed by atoms with E-state index in [9.17, 15) is 13.2 Å². The van der Waals surface area contributed by atoms with Gasteiger partial charge in [0.25, 0.3) is 0 Å². The van der Waals surface area contributed by atoms with Gasteiger partial charge in [-0.25, -0.2) is 13.2 Å². The molecule has 19 heavy (non-hydrogen) atoms. The maximum absolute atomic E-state index is 13.6. The number of pyridine rings is 1. The zero-order chi connectivity index (χ0) is 13.8. The van der Waals surface area contributed by atoms with Gasteiger partial charge in [0.05, 0.1) is 6.20 Å². The lowest BCUT2D eigenvalue weighted by Crippen LogP contribution is -2.01. The molecule has 0 aliphatic heterocycles. The van der Waals surface area contributed by atoms with Crippen LogP contribution < -0.4 is 4.74 Å². The number of ether oxygens (including phenoxy) is 1. The zero-order valence-electron chi connectivity index (χ0n) is 9.67. The van der Waals surface area contributed by atoms with Gasteiger partial charge < -0.3 is 4.74 Å². The summed E-state index contributed by atoms with van der Waals surface area (Å²) in [7, 11) is 0. The maximum atomic E-state index is 13.6. The Morgan fingerprint density at radius 1 is 1.00 bits per heavy atom. The lowest BCUT2D eigenvalue weighted by Gasteiger charge is -2.09. The lowest BCUT2D eigenvalue weighted by atomic mass is 10.2. The third-order valence-electron chi connectivity index (χ3n) is 2.36. The predicted octanol–water partition coefficient (Wildman–Crippen LogP) is 3.82. The van der Waals surface area contributed by atoms with Crippen LogP contribution in [0.2, 0.25) is 0 Å². The Balaban J connectivity index is 2.16. The monoisotopic (exact) mass is 287 g/mol. The van der Waals surface area contributed by atoms with Crippen molar-refractivity contribution in [3.8, 4) is 5.75 Å². The fourth-order valence-electron chi connectivity index (χ4n) is 1.52. The molecule has 1 heterocycles. The number of hydrogen-bond acceptors (Lipinski definition) is 2. The Morgan fingerprint density at radius 2 is 1.68 bits per heavy atom. The third-order valence-corrected chi connectivity index (χ3v) is 2.67. The normalized spacial score (nSPS) is 10.5. The molecule has 1 aromatic heterocycles. The number of aromatic nitrogens is 1. The molecule has 1 aromatic carbocycles. The van der Waals surface area contributed by atoms with E-state index in [-0.39, 0.29) is 12.5 Å². The first-order valence-corrected chi connectivity index (χ1v) is 5.89. The molecule has 0 bridgehead atoms. The van der Waals surface area contributed by atoms with E-state index in [0.717, 1.165) is 18.3 Å². The minimum atomic E-state index is -0.847. The largest absolute Gasteiger partial charge is 0.483 e. The summed E-state index contributed by atoms with van der Waals surface area (Å²) in [5.41, 5.74) is 0.691. The molecular formula is C13H9ClF3NO. The van der Waals surface area contributed by atoms with Gasteiger partial charge in [-0.15, -0.1) is 11.6 Å². The topological polar surface area (TPSA) is 22.1 Å². The highest BCUT2D eigenvalue weighted by Gasteiger charge is 2.12. The molecule has 0 aliphatic carbocycles. The van der Waals surface area contributed by atoms with Crippen molar-refractivity contribution in [1.82, 2.24) is 4.98 Å². The molecule has 2 aromatic rings. The van der Waals surface area contributed by atoms with Crippen LogP contribution in [-0.2, 0) is 12.5 Å². The summed E-state index contributed by atoms with van der Waals surface area (Å²) in [4.78, 5) is 3.61. The number of alkyl halides is 1. The molecule has 0 saturated heterocycles. The van der Waals surface area contributed by atoms with Crippen LogP contribution in [0.4, 0.5) is 13.2 Å². The smallest absolute Gasteiger partial charge is 0.191 e. The highest BCUT2D eigenvalue weighted by atomic mass is 35.5. The Kier molecular flexibility index (Phi) is 4.27. The molecule has 0 fully saturated rings. The summed E-state index contributed by atoms with van der Waals surface area (Å²) in [5.74, 6) is -2.75. The standard InChI is InChI=1S/C13H9ClF3NO/c14-4-8-2-11(16)13(12(17)3-8)19-7-9-1-10(15)6-18-5-9/h1-3,5-6H,4,7H2. The number of benzene rings is 1. The summed E-state index contributed by atoms with van der Waals surface area (Å²) < 4.78 is 45.0. The van der Waals surface area contributed by atoms with Crippen LogP contribution >= 0.6 is 11.6 Å². The average molecular weight is 288 g/mol. The van der Waals surface area contributed by atoms with Crippen molar-refractivity contribution < 1.29 is 17.9 Å². The number of nitrogens with zero attached hydrogens (tertiary/aromatic N) is 1. The van der Waals surface area contributed by atoms with Gasteiger partial charge in [-0.1, -0.05) is 0 Å². The van der Waals surface area contributed by atoms with E-state index in [4.69, 9.17) is 16.3 Å². The Bertz CT molecular complexity index is 569. The molecule has 6 heteroatoms. The van der Waals surface area contributed by atoms with Crippen LogP contribution in [0, 0.1) is 17.5 Å². The van der Waals surface area contributed by atoms with E-state index >= 15 is 0 Å². The third kappa shape index (κ3) is 3.38. The molecule has 0 N–H and O–H groups in total. The molecule has 100 valence electrons. The van der Waals surface area contributed by atoms with Gasteiger partial charge in [0.15, 0.2) is 17.4 Å². The number of halogens is 4. The summed E-state index contributed by atoms with van der Waals surface area (Å²) in [6.07, 6.45) is 2.38. The van der Waals surface area contributed by atoms with Crippen LogP contribution in [0.25, 0.3) is 0 Å². The van der Waals surface area contributed by atoms with Crippen LogP contribution in [0.3, 0.4) is 0 Å². The van der Waals surface area contributed by atoms with Crippen LogP contribution in [-0.4, -0.2) is 4.98 Å². The van der Waals surface area contributed by atoms with Crippen molar-refractivity contribution >= 4 is 11.6 Å². The van der Waals surface area contributed by atoms with Crippen molar-refractivity contribution in [2.24, 2.45) is 0 Å². The molecule has 0 aliphatic rings. The van der Waals surface area contributed by atoms with Gasteiger partial charge in [-0.2, -0.15) is 0 Å². The average Bonchev–Trinajstić information content (AvgIpc) is 2.37. The molecular weight excluding hydrogens is 279 g/mol. The van der Waals surface area contributed by atoms with E-state index < -0.39 is 23.2 Å². The minimum Gasteiger partial charge on any atom is -0.483 e. The molecule has 0 saturated carbocycles. The van der Waals surface area contributed by atoms with Gasteiger partial charge in [-0.3, -0.25) is 4.98 Å². The Labute approximate surface area is 112 Å². The zero-order valence-corrected chi connectivity index (χ0v) is 10.4. The second-order valence-electron chi connectivity index (χ2n) is 3.82. The lowest BCUT2D eigenvalue weighted by molar-refractivity contribution is 0.273. The summed E-state index contributed by atoms with van der Waals surface area (Å²) in [6, 6.07) is 3.36. The molecule has 0 spiro atoms. The van der Waals surface area contributed by atoms with Crippen LogP contribution in [0.15, 0.2) is 30.6 Å². The summed E-state index contributed by atoms with van der Waals surface area (Å²) in [6.45, 7) is -0.182. The summed E-state index contributed by atoms with van der Waals surface area (Å²) >= 11 is 5.49. The van der Waals surface area contributed by atoms with Crippen molar-refractivity contribution in [1.29, 1.82) is 0 Å². The Morgan fingerprint density at radius 3 is 2.26 bits per heavy atom. The van der Waals surface area contributed by atoms with Gasteiger partial charge in [0.2, 0.25) is 0 Å². The maximum Gasteiger partial charge on any atom is 0.191 e. The fraction of sp³-hybridized carbons (Fsp3) is 0.154. The summed E-state index contributed by atoms with van der Waals surface area (Å²) in [5, 5.41) is 0. The van der Waals surface area contributed by atoms with Crippen molar-refractivity contribution in [3.05, 3.63) is 59.2 Å². The minimum absolute atomic E-state index is 0.00192. The second kappa shape index (κ2) is 5.93. The SMILES string of the molecule is Fc1cncc(COc2c(F)cc(CCl)cc2F)c1. The van der Waals surface area contributed by atoms with Crippen molar-refractivity contribution in [3.63, 3.8) is 0 Å². The Hall–Kier alpha value is -1.75. The van der Waals surface area contributed by atoms with Crippen molar-refractivity contribution in [2.45, 2.75) is 12.5 Å². The first kappa shape index (κ1) is 13.7. The predicted molar refractivity (Wildman–Crippen MR) is 64.4 cm³/mol. The molecule has 2 rings (SSSR count). The first-order chi connectivity index (χ1) is 9.10. The second-order valence-corrected chi connectivity index (χ2v) is 4.09. The van der Waals surface area contributed by atoms with Gasteiger partial charge in [-0.05, 0) is 23.8 Å². The molecule has 2 nitrogen and oxygen atoms in total. The van der Waals surface area contributed by atoms with Gasteiger partial charge in [0.1, 0.15) is 12.4 Å². The van der Waals surface area contributed by atoms with E-state index in [1.807, 2.05) is 0 Å². The quantitative estimate of drug-likeness (QED) is 0.798.